The molecule has 2 heterocycles. The first kappa shape index (κ1) is 15.7. The normalized spacial score (nSPS) is 16.0. The Morgan fingerprint density at radius 1 is 1.00 bits per heavy atom. The van der Waals surface area contributed by atoms with E-state index in [1.54, 1.807) is 0 Å². The van der Waals surface area contributed by atoms with Crippen LogP contribution in [0.1, 0.15) is 18.5 Å². The van der Waals surface area contributed by atoms with Gasteiger partial charge in [0.1, 0.15) is 0 Å². The highest BCUT2D eigenvalue weighted by Crippen LogP contribution is 2.38. The molecule has 124 valence electrons. The van der Waals surface area contributed by atoms with E-state index in [-0.39, 0.29) is 22.1 Å². The molecule has 4 rings (SSSR count). The maximum absolute atomic E-state index is 12.2. The number of amides is 1. The van der Waals surface area contributed by atoms with Crippen LogP contribution in [-0.4, -0.2) is 14.9 Å². The SMILES string of the molecule is C=C1C(=O)SC(=O)N1c1cccc2c1ccn2C(C)c1ccccc1. The molecule has 4 nitrogen and oxygen atoms in total. The van der Waals surface area contributed by atoms with Crippen LogP contribution in [0.5, 0.6) is 0 Å². The van der Waals surface area contributed by atoms with Crippen LogP contribution in [-0.2, 0) is 4.79 Å². The van der Waals surface area contributed by atoms with Crippen LogP contribution in [0.3, 0.4) is 0 Å². The quantitative estimate of drug-likeness (QED) is 0.628. The number of hydrogen-bond donors (Lipinski definition) is 0. The maximum Gasteiger partial charge on any atom is 0.298 e. The van der Waals surface area contributed by atoms with Crippen LogP contribution in [0.2, 0.25) is 0 Å². The minimum Gasteiger partial charge on any atom is -0.340 e. The molecule has 1 saturated heterocycles. The Morgan fingerprint density at radius 3 is 2.44 bits per heavy atom. The molecule has 1 atom stereocenters. The summed E-state index contributed by atoms with van der Waals surface area (Å²) in [6.45, 7) is 5.91. The fourth-order valence-electron chi connectivity index (χ4n) is 3.23. The number of carbonyl (C=O) groups is 2. The summed E-state index contributed by atoms with van der Waals surface area (Å²) in [5.41, 5.74) is 3.13. The summed E-state index contributed by atoms with van der Waals surface area (Å²) in [4.78, 5) is 25.4. The average molecular weight is 348 g/mol. The zero-order valence-corrected chi connectivity index (χ0v) is 14.5. The van der Waals surface area contributed by atoms with E-state index in [1.165, 1.54) is 10.5 Å². The van der Waals surface area contributed by atoms with E-state index < -0.39 is 0 Å². The second-order valence-electron chi connectivity index (χ2n) is 5.96. The van der Waals surface area contributed by atoms with Crippen LogP contribution in [0.25, 0.3) is 10.9 Å². The molecule has 0 radical (unpaired) electrons. The number of nitrogens with zero attached hydrogens (tertiary/aromatic N) is 2. The molecule has 0 saturated carbocycles. The predicted molar refractivity (Wildman–Crippen MR) is 102 cm³/mol. The fraction of sp³-hybridized carbons (Fsp3) is 0.100. The first-order valence-corrected chi connectivity index (χ1v) is 8.79. The highest BCUT2D eigenvalue weighted by atomic mass is 32.2. The van der Waals surface area contributed by atoms with E-state index in [2.05, 4.69) is 30.2 Å². The third-order valence-electron chi connectivity index (χ3n) is 4.55. The molecule has 1 aliphatic heterocycles. The molecular formula is C20H16N2O2S. The van der Waals surface area contributed by atoms with Gasteiger partial charge in [0, 0.05) is 23.3 Å². The molecule has 1 amide bonds. The Balaban J connectivity index is 1.83. The Bertz CT molecular complexity index is 1010. The largest absolute Gasteiger partial charge is 0.340 e. The van der Waals surface area contributed by atoms with Crippen LogP contribution in [0.15, 0.2) is 73.1 Å². The topological polar surface area (TPSA) is 42.3 Å². The molecule has 1 fully saturated rings. The Morgan fingerprint density at radius 2 is 1.76 bits per heavy atom. The van der Waals surface area contributed by atoms with Crippen molar-refractivity contribution in [2.75, 3.05) is 4.90 Å². The van der Waals surface area contributed by atoms with Crippen molar-refractivity contribution >= 4 is 38.7 Å². The number of benzene rings is 2. The Kier molecular flexibility index (Phi) is 3.73. The third-order valence-corrected chi connectivity index (χ3v) is 5.33. The van der Waals surface area contributed by atoms with Gasteiger partial charge in [0.2, 0.25) is 5.12 Å². The number of rotatable bonds is 3. The van der Waals surface area contributed by atoms with Crippen molar-refractivity contribution in [3.63, 3.8) is 0 Å². The van der Waals surface area contributed by atoms with Crippen molar-refractivity contribution in [3.05, 3.63) is 78.6 Å². The number of hydrogen-bond acceptors (Lipinski definition) is 3. The summed E-state index contributed by atoms with van der Waals surface area (Å²) in [7, 11) is 0. The maximum atomic E-state index is 12.2. The average Bonchev–Trinajstić information content (AvgIpc) is 3.16. The summed E-state index contributed by atoms with van der Waals surface area (Å²) in [6, 6.07) is 18.2. The van der Waals surface area contributed by atoms with Gasteiger partial charge in [0.15, 0.2) is 0 Å². The van der Waals surface area contributed by atoms with Gasteiger partial charge in [-0.2, -0.15) is 0 Å². The lowest BCUT2D eigenvalue weighted by molar-refractivity contribution is -0.107. The van der Waals surface area contributed by atoms with Gasteiger partial charge in [0.25, 0.3) is 5.24 Å². The predicted octanol–water partition coefficient (Wildman–Crippen LogP) is 4.96. The van der Waals surface area contributed by atoms with E-state index >= 15 is 0 Å². The van der Waals surface area contributed by atoms with Crippen molar-refractivity contribution in [2.24, 2.45) is 0 Å². The number of aromatic nitrogens is 1. The molecular weight excluding hydrogens is 332 g/mol. The molecule has 5 heteroatoms. The lowest BCUT2D eigenvalue weighted by atomic mass is 10.1. The summed E-state index contributed by atoms with van der Waals surface area (Å²) in [5, 5.41) is 0.334. The van der Waals surface area contributed by atoms with E-state index in [0.29, 0.717) is 17.4 Å². The third kappa shape index (κ3) is 2.48. The highest BCUT2D eigenvalue weighted by molar-refractivity contribution is 8.27. The van der Waals surface area contributed by atoms with Crippen LogP contribution < -0.4 is 4.90 Å². The lowest BCUT2D eigenvalue weighted by Gasteiger charge is -2.18. The summed E-state index contributed by atoms with van der Waals surface area (Å²) in [6.07, 6.45) is 2.02. The zero-order chi connectivity index (χ0) is 17.6. The fourth-order valence-corrected chi connectivity index (χ4v) is 3.89. The van der Waals surface area contributed by atoms with Gasteiger partial charge in [-0.25, -0.2) is 0 Å². The molecule has 1 aliphatic rings. The zero-order valence-electron chi connectivity index (χ0n) is 13.7. The molecule has 1 unspecified atom stereocenters. The van der Waals surface area contributed by atoms with E-state index in [9.17, 15) is 9.59 Å². The summed E-state index contributed by atoms with van der Waals surface area (Å²) in [5.74, 6) is 0. The van der Waals surface area contributed by atoms with Crippen LogP contribution in [0, 0.1) is 0 Å². The molecule has 0 spiro atoms. The van der Waals surface area contributed by atoms with Gasteiger partial charge in [-0.1, -0.05) is 43.0 Å². The molecule has 2 aromatic carbocycles. The molecule has 0 aliphatic carbocycles. The minimum absolute atomic E-state index is 0.155. The second-order valence-corrected chi connectivity index (χ2v) is 6.88. The Labute approximate surface area is 149 Å². The number of fused-ring (bicyclic) bond motifs is 1. The smallest absolute Gasteiger partial charge is 0.298 e. The van der Waals surface area contributed by atoms with Crippen molar-refractivity contribution in [1.82, 2.24) is 4.57 Å². The van der Waals surface area contributed by atoms with Gasteiger partial charge >= 0.3 is 0 Å². The van der Waals surface area contributed by atoms with Crippen molar-refractivity contribution in [2.45, 2.75) is 13.0 Å². The highest BCUT2D eigenvalue weighted by Gasteiger charge is 2.35. The molecule has 1 aromatic heterocycles. The van der Waals surface area contributed by atoms with Crippen LogP contribution in [0.4, 0.5) is 10.5 Å². The molecule has 0 bridgehead atoms. The monoisotopic (exact) mass is 348 g/mol. The van der Waals surface area contributed by atoms with Crippen molar-refractivity contribution < 1.29 is 9.59 Å². The van der Waals surface area contributed by atoms with Gasteiger partial charge in [0.05, 0.1) is 22.9 Å². The van der Waals surface area contributed by atoms with Crippen molar-refractivity contribution in [3.8, 4) is 0 Å². The summed E-state index contributed by atoms with van der Waals surface area (Å²) < 4.78 is 2.17. The van der Waals surface area contributed by atoms with E-state index in [4.69, 9.17) is 0 Å². The standard InChI is InChI=1S/C20H16N2O2S/c1-13(15-7-4-3-5-8-15)21-12-11-16-17(21)9-6-10-18(16)22-14(2)19(23)25-20(22)24/h3-13H,2H2,1H3. The molecule has 0 N–H and O–H groups in total. The van der Waals surface area contributed by atoms with Gasteiger partial charge in [-0.05, 0) is 30.7 Å². The van der Waals surface area contributed by atoms with Crippen molar-refractivity contribution in [1.29, 1.82) is 0 Å². The summed E-state index contributed by atoms with van der Waals surface area (Å²) >= 11 is 0.692. The lowest BCUT2D eigenvalue weighted by Crippen LogP contribution is -2.20. The van der Waals surface area contributed by atoms with Gasteiger partial charge < -0.3 is 4.57 Å². The Hall–Kier alpha value is -2.79. The van der Waals surface area contributed by atoms with Crippen LogP contribution >= 0.6 is 11.8 Å². The minimum atomic E-state index is -0.300. The van der Waals surface area contributed by atoms with Gasteiger partial charge in [-0.3, -0.25) is 14.5 Å². The van der Waals surface area contributed by atoms with E-state index in [1.807, 2.05) is 48.7 Å². The first-order chi connectivity index (χ1) is 12.1. The van der Waals surface area contributed by atoms with Gasteiger partial charge in [-0.15, -0.1) is 0 Å². The number of carbonyl (C=O) groups excluding carboxylic acids is 2. The van der Waals surface area contributed by atoms with E-state index in [0.717, 1.165) is 10.9 Å². The second kappa shape index (κ2) is 5.93. The number of thioether (sulfide) groups is 1. The molecule has 25 heavy (non-hydrogen) atoms. The first-order valence-electron chi connectivity index (χ1n) is 7.97. The molecule has 3 aromatic rings. The number of anilines is 1.